The van der Waals surface area contributed by atoms with E-state index >= 15 is 0 Å². The molecule has 1 aromatic rings. The van der Waals surface area contributed by atoms with Gasteiger partial charge in [-0.1, -0.05) is 6.07 Å². The number of ether oxygens (including phenoxy) is 1. The molecule has 2 rings (SSSR count). The second kappa shape index (κ2) is 5.90. The minimum atomic E-state index is -3.45. The van der Waals surface area contributed by atoms with E-state index in [0.29, 0.717) is 18.9 Å². The molecule has 1 fully saturated rings. The highest BCUT2D eigenvalue weighted by atomic mass is 32.2. The minimum absolute atomic E-state index is 0.0285. The number of rotatable bonds is 5. The zero-order valence-electron chi connectivity index (χ0n) is 11.3. The third-order valence-electron chi connectivity index (χ3n) is 3.34. The Hall–Kier alpha value is -1.11. The van der Waals surface area contributed by atoms with Crippen LogP contribution in [0.3, 0.4) is 0 Å². The summed E-state index contributed by atoms with van der Waals surface area (Å²) >= 11 is 0. The van der Waals surface area contributed by atoms with Crippen molar-refractivity contribution in [3.8, 4) is 5.75 Å². The Morgan fingerprint density at radius 2 is 2.26 bits per heavy atom. The number of likely N-dealkylation sites (N-methyl/N-ethyl adjacent to an activating group) is 1. The fourth-order valence-electron chi connectivity index (χ4n) is 2.20. The molecule has 0 aromatic heterocycles. The lowest BCUT2D eigenvalue weighted by Crippen LogP contribution is -2.38. The SMILES string of the molecule is CCOc1cccc(S(=O)(=O)N(C)C2CCNC2)c1. The van der Waals surface area contributed by atoms with Gasteiger partial charge in [0.25, 0.3) is 0 Å². The van der Waals surface area contributed by atoms with Crippen LogP contribution < -0.4 is 10.1 Å². The number of benzene rings is 1. The van der Waals surface area contributed by atoms with Crippen molar-refractivity contribution in [2.24, 2.45) is 0 Å². The monoisotopic (exact) mass is 284 g/mol. The zero-order chi connectivity index (χ0) is 13.9. The normalized spacial score (nSPS) is 19.8. The van der Waals surface area contributed by atoms with Gasteiger partial charge in [0, 0.05) is 25.7 Å². The van der Waals surface area contributed by atoms with Gasteiger partial charge in [-0.25, -0.2) is 8.42 Å². The summed E-state index contributed by atoms with van der Waals surface area (Å²) in [6.07, 6.45) is 0.848. The van der Waals surface area contributed by atoms with Crippen molar-refractivity contribution in [2.75, 3.05) is 26.7 Å². The van der Waals surface area contributed by atoms with Gasteiger partial charge in [0.05, 0.1) is 11.5 Å². The molecule has 0 radical (unpaired) electrons. The maximum atomic E-state index is 12.5. The maximum Gasteiger partial charge on any atom is 0.243 e. The molecular weight excluding hydrogens is 264 g/mol. The summed E-state index contributed by atoms with van der Waals surface area (Å²) in [4.78, 5) is 0.285. The highest BCUT2D eigenvalue weighted by Gasteiger charge is 2.30. The van der Waals surface area contributed by atoms with Gasteiger partial charge in [-0.2, -0.15) is 4.31 Å². The van der Waals surface area contributed by atoms with Crippen LogP contribution in [0.2, 0.25) is 0 Å². The molecule has 1 N–H and O–H groups in total. The molecule has 0 aliphatic carbocycles. The molecule has 0 spiro atoms. The van der Waals surface area contributed by atoms with Gasteiger partial charge in [-0.3, -0.25) is 0 Å². The van der Waals surface area contributed by atoms with E-state index in [2.05, 4.69) is 5.32 Å². The summed E-state index contributed by atoms with van der Waals surface area (Å²) in [6, 6.07) is 6.69. The lowest BCUT2D eigenvalue weighted by atomic mass is 10.3. The van der Waals surface area contributed by atoms with E-state index in [0.717, 1.165) is 13.0 Å². The van der Waals surface area contributed by atoms with Crippen molar-refractivity contribution < 1.29 is 13.2 Å². The van der Waals surface area contributed by atoms with Crippen LogP contribution in [0.5, 0.6) is 5.75 Å². The predicted octanol–water partition coefficient (Wildman–Crippen LogP) is 1.07. The molecular formula is C13H20N2O3S. The van der Waals surface area contributed by atoms with Crippen LogP contribution >= 0.6 is 0 Å². The molecule has 106 valence electrons. The van der Waals surface area contributed by atoms with E-state index in [1.54, 1.807) is 31.3 Å². The van der Waals surface area contributed by atoms with Gasteiger partial charge < -0.3 is 10.1 Å². The lowest BCUT2D eigenvalue weighted by molar-refractivity contribution is 0.338. The third-order valence-corrected chi connectivity index (χ3v) is 5.25. The van der Waals surface area contributed by atoms with Crippen molar-refractivity contribution in [3.05, 3.63) is 24.3 Å². The Morgan fingerprint density at radius 1 is 1.47 bits per heavy atom. The van der Waals surface area contributed by atoms with Crippen LogP contribution in [0.4, 0.5) is 0 Å². The molecule has 0 bridgehead atoms. The summed E-state index contributed by atoms with van der Waals surface area (Å²) in [6.45, 7) is 3.97. The van der Waals surface area contributed by atoms with Crippen LogP contribution in [0, 0.1) is 0 Å². The van der Waals surface area contributed by atoms with Crippen molar-refractivity contribution >= 4 is 10.0 Å². The van der Waals surface area contributed by atoms with Gasteiger partial charge in [0.2, 0.25) is 10.0 Å². The van der Waals surface area contributed by atoms with Gasteiger partial charge in [-0.05, 0) is 32.0 Å². The molecule has 5 nitrogen and oxygen atoms in total. The minimum Gasteiger partial charge on any atom is -0.494 e. The first-order chi connectivity index (χ1) is 9.05. The van der Waals surface area contributed by atoms with Gasteiger partial charge >= 0.3 is 0 Å². The quantitative estimate of drug-likeness (QED) is 0.878. The topological polar surface area (TPSA) is 58.6 Å². The van der Waals surface area contributed by atoms with E-state index in [-0.39, 0.29) is 10.9 Å². The number of nitrogens with one attached hydrogen (secondary N) is 1. The van der Waals surface area contributed by atoms with Crippen molar-refractivity contribution in [1.82, 2.24) is 9.62 Å². The largest absolute Gasteiger partial charge is 0.494 e. The summed E-state index contributed by atoms with van der Waals surface area (Å²) in [5.74, 6) is 0.585. The Balaban J connectivity index is 2.25. The molecule has 1 aromatic carbocycles. The van der Waals surface area contributed by atoms with Crippen molar-refractivity contribution in [2.45, 2.75) is 24.3 Å². The Kier molecular flexibility index (Phi) is 4.44. The highest BCUT2D eigenvalue weighted by Crippen LogP contribution is 2.23. The number of hydrogen-bond acceptors (Lipinski definition) is 4. The Bertz CT molecular complexity index is 524. The molecule has 1 aliphatic heterocycles. The van der Waals surface area contributed by atoms with E-state index in [9.17, 15) is 8.42 Å². The lowest BCUT2D eigenvalue weighted by Gasteiger charge is -2.23. The summed E-state index contributed by atoms with van der Waals surface area (Å²) in [5.41, 5.74) is 0. The Morgan fingerprint density at radius 3 is 2.89 bits per heavy atom. The third kappa shape index (κ3) is 3.08. The molecule has 1 saturated heterocycles. The summed E-state index contributed by atoms with van der Waals surface area (Å²) in [5, 5.41) is 3.18. The average Bonchev–Trinajstić information content (AvgIpc) is 2.92. The molecule has 19 heavy (non-hydrogen) atoms. The number of hydrogen-bond donors (Lipinski definition) is 1. The van der Waals surface area contributed by atoms with Crippen molar-refractivity contribution in [3.63, 3.8) is 0 Å². The Labute approximate surface area is 114 Å². The van der Waals surface area contributed by atoms with Gasteiger partial charge in [-0.15, -0.1) is 0 Å². The molecule has 1 heterocycles. The van der Waals surface area contributed by atoms with E-state index in [4.69, 9.17) is 4.74 Å². The highest BCUT2D eigenvalue weighted by molar-refractivity contribution is 7.89. The first-order valence-electron chi connectivity index (χ1n) is 6.47. The molecule has 1 aliphatic rings. The van der Waals surface area contributed by atoms with Crippen molar-refractivity contribution in [1.29, 1.82) is 0 Å². The summed E-state index contributed by atoms with van der Waals surface area (Å²) < 4.78 is 31.8. The second-order valence-electron chi connectivity index (χ2n) is 4.58. The number of nitrogens with zero attached hydrogens (tertiary/aromatic N) is 1. The second-order valence-corrected chi connectivity index (χ2v) is 6.57. The van der Waals surface area contributed by atoms with Crippen LogP contribution in [0.15, 0.2) is 29.2 Å². The molecule has 6 heteroatoms. The maximum absolute atomic E-state index is 12.5. The average molecular weight is 284 g/mol. The first-order valence-corrected chi connectivity index (χ1v) is 7.91. The predicted molar refractivity (Wildman–Crippen MR) is 73.8 cm³/mol. The van der Waals surface area contributed by atoms with E-state index < -0.39 is 10.0 Å². The molecule has 1 atom stereocenters. The smallest absolute Gasteiger partial charge is 0.243 e. The fraction of sp³-hybridized carbons (Fsp3) is 0.538. The molecule has 1 unspecified atom stereocenters. The van der Waals surface area contributed by atoms with Crippen LogP contribution in [0.25, 0.3) is 0 Å². The van der Waals surface area contributed by atoms with Gasteiger partial charge in [0.1, 0.15) is 5.75 Å². The van der Waals surface area contributed by atoms with E-state index in [1.807, 2.05) is 6.92 Å². The number of sulfonamides is 1. The first kappa shape index (κ1) is 14.3. The van der Waals surface area contributed by atoms with Crippen LogP contribution in [0.1, 0.15) is 13.3 Å². The molecule has 0 amide bonds. The summed E-state index contributed by atoms with van der Waals surface area (Å²) in [7, 11) is -1.81. The van der Waals surface area contributed by atoms with Gasteiger partial charge in [0.15, 0.2) is 0 Å². The van der Waals surface area contributed by atoms with Crippen LogP contribution in [-0.4, -0.2) is 45.5 Å². The van der Waals surface area contributed by atoms with E-state index in [1.165, 1.54) is 4.31 Å². The van der Waals surface area contributed by atoms with Crippen LogP contribution in [-0.2, 0) is 10.0 Å². The fourth-order valence-corrected chi connectivity index (χ4v) is 3.62. The molecule has 0 saturated carbocycles. The zero-order valence-corrected chi connectivity index (χ0v) is 12.1. The standard InChI is InChI=1S/C13H20N2O3S/c1-3-18-12-5-4-6-13(9-12)19(16,17)15(2)11-7-8-14-10-11/h4-6,9,11,14H,3,7-8,10H2,1-2H3.